The number of piperazine rings is 1. The molecule has 1 aliphatic rings. The highest BCUT2D eigenvalue weighted by molar-refractivity contribution is 5.66. The van der Waals surface area contributed by atoms with Crippen LogP contribution in [0.25, 0.3) is 5.65 Å². The molecule has 6 heteroatoms. The normalized spacial score (nSPS) is 21.2. The quantitative estimate of drug-likeness (QED) is 0.867. The Bertz CT molecular complexity index is 578. The van der Waals surface area contributed by atoms with Gasteiger partial charge in [-0.15, -0.1) is 0 Å². The molecule has 1 saturated heterocycles. The van der Waals surface area contributed by atoms with Crippen molar-refractivity contribution in [2.45, 2.75) is 19.4 Å². The summed E-state index contributed by atoms with van der Waals surface area (Å²) in [6, 6.07) is 0.562. The molecule has 1 unspecified atom stereocenters. The second-order valence-corrected chi connectivity index (χ2v) is 5.14. The Morgan fingerprint density at radius 1 is 1.42 bits per heavy atom. The minimum Gasteiger partial charge on any atom is -0.382 e. The van der Waals surface area contributed by atoms with Crippen LogP contribution in [0.2, 0.25) is 0 Å². The molecule has 102 valence electrons. The summed E-state index contributed by atoms with van der Waals surface area (Å²) in [5.41, 5.74) is 6.77. The predicted octanol–water partition coefficient (Wildman–Crippen LogP) is 0.842. The van der Waals surface area contributed by atoms with Gasteiger partial charge in [0, 0.05) is 38.1 Å². The van der Waals surface area contributed by atoms with E-state index >= 15 is 0 Å². The molecule has 0 amide bonds. The first-order chi connectivity index (χ1) is 9.19. The number of hydrogen-bond acceptors (Lipinski definition) is 5. The van der Waals surface area contributed by atoms with Gasteiger partial charge in [-0.05, 0) is 13.5 Å². The van der Waals surface area contributed by atoms with Crippen LogP contribution in [-0.2, 0) is 0 Å². The maximum absolute atomic E-state index is 5.89. The van der Waals surface area contributed by atoms with Crippen LogP contribution in [0.15, 0.2) is 18.6 Å². The molecule has 3 rings (SSSR count). The number of anilines is 2. The first-order valence-corrected chi connectivity index (χ1v) is 6.73. The maximum Gasteiger partial charge on any atom is 0.180 e. The molecule has 0 saturated carbocycles. The number of imidazole rings is 1. The van der Waals surface area contributed by atoms with Crippen LogP contribution in [-0.4, -0.2) is 52.0 Å². The zero-order chi connectivity index (χ0) is 13.4. The summed E-state index contributed by atoms with van der Waals surface area (Å²) in [4.78, 5) is 13.6. The van der Waals surface area contributed by atoms with Gasteiger partial charge in [-0.25, -0.2) is 9.97 Å². The molecule has 3 heterocycles. The summed E-state index contributed by atoms with van der Waals surface area (Å²) in [5.74, 6) is 1.43. The van der Waals surface area contributed by atoms with Crippen molar-refractivity contribution in [3.05, 3.63) is 18.6 Å². The molecule has 19 heavy (non-hydrogen) atoms. The fourth-order valence-corrected chi connectivity index (χ4v) is 2.73. The highest BCUT2D eigenvalue weighted by atomic mass is 15.3. The highest BCUT2D eigenvalue weighted by Gasteiger charge is 2.25. The van der Waals surface area contributed by atoms with Crippen molar-refractivity contribution in [1.82, 2.24) is 19.3 Å². The van der Waals surface area contributed by atoms with E-state index < -0.39 is 0 Å². The molecule has 0 aromatic carbocycles. The standard InChI is InChI=1S/C13H20N6/c1-3-10-8-19(7-6-17(10)2)13-12-15-4-5-18(12)9-11(14)16-13/h4-5,9-10H,3,6-8,14H2,1-2H3. The third kappa shape index (κ3) is 2.12. The van der Waals surface area contributed by atoms with Crippen LogP contribution in [0.3, 0.4) is 0 Å². The number of nitrogens with two attached hydrogens (primary N) is 1. The monoisotopic (exact) mass is 260 g/mol. The van der Waals surface area contributed by atoms with Gasteiger partial charge in [-0.2, -0.15) is 0 Å². The molecule has 0 spiro atoms. The largest absolute Gasteiger partial charge is 0.382 e. The lowest BCUT2D eigenvalue weighted by molar-refractivity contribution is 0.213. The number of rotatable bonds is 2. The van der Waals surface area contributed by atoms with Crippen molar-refractivity contribution in [3.8, 4) is 0 Å². The molecule has 0 aliphatic carbocycles. The molecular weight excluding hydrogens is 240 g/mol. The molecule has 1 atom stereocenters. The van der Waals surface area contributed by atoms with E-state index in [2.05, 4.69) is 33.7 Å². The van der Waals surface area contributed by atoms with Gasteiger partial charge < -0.3 is 15.0 Å². The van der Waals surface area contributed by atoms with Gasteiger partial charge in [-0.3, -0.25) is 4.90 Å². The highest BCUT2D eigenvalue weighted by Crippen LogP contribution is 2.23. The number of aromatic nitrogens is 3. The van der Waals surface area contributed by atoms with Crippen molar-refractivity contribution >= 4 is 17.3 Å². The number of nitrogens with zero attached hydrogens (tertiary/aromatic N) is 5. The van der Waals surface area contributed by atoms with Gasteiger partial charge in [-0.1, -0.05) is 6.92 Å². The topological polar surface area (TPSA) is 62.7 Å². The fourth-order valence-electron chi connectivity index (χ4n) is 2.73. The Morgan fingerprint density at radius 3 is 3.05 bits per heavy atom. The van der Waals surface area contributed by atoms with Crippen molar-refractivity contribution < 1.29 is 0 Å². The van der Waals surface area contributed by atoms with Crippen molar-refractivity contribution in [1.29, 1.82) is 0 Å². The number of likely N-dealkylation sites (N-methyl/N-ethyl adjacent to an activating group) is 1. The zero-order valence-corrected chi connectivity index (χ0v) is 11.5. The van der Waals surface area contributed by atoms with Gasteiger partial charge in [0.25, 0.3) is 0 Å². The van der Waals surface area contributed by atoms with E-state index in [0.717, 1.165) is 37.5 Å². The van der Waals surface area contributed by atoms with Crippen LogP contribution < -0.4 is 10.6 Å². The average molecular weight is 260 g/mol. The summed E-state index contributed by atoms with van der Waals surface area (Å²) in [6.07, 6.45) is 6.64. The number of nitrogen functional groups attached to an aromatic ring is 1. The van der Waals surface area contributed by atoms with Crippen LogP contribution in [0.4, 0.5) is 11.6 Å². The summed E-state index contributed by atoms with van der Waals surface area (Å²) in [5, 5.41) is 0. The third-order valence-electron chi connectivity index (χ3n) is 3.92. The Labute approximate surface area is 112 Å². The van der Waals surface area contributed by atoms with Crippen molar-refractivity contribution in [3.63, 3.8) is 0 Å². The molecule has 2 aromatic heterocycles. The summed E-state index contributed by atoms with van der Waals surface area (Å²) in [6.45, 7) is 5.21. The van der Waals surface area contributed by atoms with E-state index in [-0.39, 0.29) is 0 Å². The second-order valence-electron chi connectivity index (χ2n) is 5.14. The predicted molar refractivity (Wildman–Crippen MR) is 76.3 cm³/mol. The summed E-state index contributed by atoms with van der Waals surface area (Å²) < 4.78 is 1.94. The molecule has 2 N–H and O–H groups in total. The van der Waals surface area contributed by atoms with E-state index in [1.165, 1.54) is 0 Å². The number of fused-ring (bicyclic) bond motifs is 1. The Hall–Kier alpha value is -1.82. The fraction of sp³-hybridized carbons (Fsp3) is 0.538. The van der Waals surface area contributed by atoms with Crippen LogP contribution >= 0.6 is 0 Å². The minimum atomic E-state index is 0.535. The van der Waals surface area contributed by atoms with Gasteiger partial charge in [0.05, 0.1) is 6.20 Å². The van der Waals surface area contributed by atoms with E-state index in [1.54, 1.807) is 12.4 Å². The molecule has 2 aromatic rings. The van der Waals surface area contributed by atoms with Crippen LogP contribution in [0.5, 0.6) is 0 Å². The van der Waals surface area contributed by atoms with Crippen LogP contribution in [0, 0.1) is 0 Å². The minimum absolute atomic E-state index is 0.535. The summed E-state index contributed by atoms with van der Waals surface area (Å²) >= 11 is 0. The molecular formula is C13H20N6. The lowest BCUT2D eigenvalue weighted by Gasteiger charge is -2.39. The maximum atomic E-state index is 5.89. The van der Waals surface area contributed by atoms with Crippen LogP contribution in [0.1, 0.15) is 13.3 Å². The third-order valence-corrected chi connectivity index (χ3v) is 3.92. The zero-order valence-electron chi connectivity index (χ0n) is 11.5. The van der Waals surface area contributed by atoms with Gasteiger partial charge in [0.15, 0.2) is 11.5 Å². The van der Waals surface area contributed by atoms with Gasteiger partial charge in [0.1, 0.15) is 5.82 Å². The Balaban J connectivity index is 1.97. The molecule has 1 aliphatic heterocycles. The molecule has 6 nitrogen and oxygen atoms in total. The summed E-state index contributed by atoms with van der Waals surface area (Å²) in [7, 11) is 2.18. The van der Waals surface area contributed by atoms with Crippen molar-refractivity contribution in [2.24, 2.45) is 0 Å². The van der Waals surface area contributed by atoms with E-state index in [4.69, 9.17) is 5.73 Å². The smallest absolute Gasteiger partial charge is 0.180 e. The first-order valence-electron chi connectivity index (χ1n) is 6.73. The molecule has 1 fully saturated rings. The first kappa shape index (κ1) is 12.2. The Morgan fingerprint density at radius 2 is 2.26 bits per heavy atom. The second kappa shape index (κ2) is 4.70. The lowest BCUT2D eigenvalue weighted by atomic mass is 10.1. The van der Waals surface area contributed by atoms with Crippen molar-refractivity contribution in [2.75, 3.05) is 37.3 Å². The van der Waals surface area contributed by atoms with E-state index in [9.17, 15) is 0 Å². The van der Waals surface area contributed by atoms with E-state index in [1.807, 2.05) is 10.6 Å². The van der Waals surface area contributed by atoms with Gasteiger partial charge >= 0.3 is 0 Å². The van der Waals surface area contributed by atoms with E-state index in [0.29, 0.717) is 11.9 Å². The number of hydrogen-bond donors (Lipinski definition) is 1. The lowest BCUT2D eigenvalue weighted by Crippen LogP contribution is -2.51. The average Bonchev–Trinajstić information content (AvgIpc) is 2.86. The molecule has 0 radical (unpaired) electrons. The van der Waals surface area contributed by atoms with Gasteiger partial charge in [0.2, 0.25) is 0 Å². The molecule has 0 bridgehead atoms. The Kier molecular flexibility index (Phi) is 3.02. The SMILES string of the molecule is CCC1CN(c2nc(N)cn3ccnc23)CCN1C.